The smallest absolute Gasteiger partial charge is 0.335 e. The van der Waals surface area contributed by atoms with Crippen LogP contribution in [0.1, 0.15) is 16.1 Å². The Labute approximate surface area is 108 Å². The zero-order valence-corrected chi connectivity index (χ0v) is 10.6. The van der Waals surface area contributed by atoms with E-state index in [2.05, 4.69) is 9.71 Å². The van der Waals surface area contributed by atoms with Gasteiger partial charge in [-0.2, -0.15) is 4.98 Å². The Kier molecular flexibility index (Phi) is 3.26. The number of carboxylic acid groups (broad SMARTS) is 1. The molecule has 0 fully saturated rings. The molecule has 0 radical (unpaired) electrons. The highest BCUT2D eigenvalue weighted by Gasteiger charge is 2.17. The Morgan fingerprint density at radius 2 is 1.95 bits per heavy atom. The molecule has 0 aliphatic carbocycles. The van der Waals surface area contributed by atoms with E-state index in [4.69, 9.17) is 9.52 Å². The third-order valence-electron chi connectivity index (χ3n) is 2.25. The minimum atomic E-state index is -3.84. The van der Waals surface area contributed by atoms with Gasteiger partial charge in [0.1, 0.15) is 6.26 Å². The van der Waals surface area contributed by atoms with Gasteiger partial charge in [0.2, 0.25) is 0 Å². The van der Waals surface area contributed by atoms with Gasteiger partial charge in [0.15, 0.2) is 0 Å². The minimum Gasteiger partial charge on any atom is -0.478 e. The summed E-state index contributed by atoms with van der Waals surface area (Å²) in [6.45, 7) is 1.66. The van der Waals surface area contributed by atoms with Crippen molar-refractivity contribution < 1.29 is 22.7 Å². The molecule has 0 amide bonds. The van der Waals surface area contributed by atoms with E-state index in [0.717, 1.165) is 0 Å². The van der Waals surface area contributed by atoms with Crippen LogP contribution in [0.25, 0.3) is 0 Å². The topological polar surface area (TPSA) is 110 Å². The molecule has 100 valence electrons. The van der Waals surface area contributed by atoms with Crippen molar-refractivity contribution in [1.29, 1.82) is 0 Å². The second-order valence-corrected chi connectivity index (χ2v) is 5.41. The van der Waals surface area contributed by atoms with Crippen molar-refractivity contribution in [2.45, 2.75) is 11.8 Å². The van der Waals surface area contributed by atoms with Gasteiger partial charge in [-0.25, -0.2) is 17.9 Å². The Hall–Kier alpha value is -2.35. The number of aryl methyl sites for hydroxylation is 1. The van der Waals surface area contributed by atoms with Gasteiger partial charge in [-0.1, -0.05) is 0 Å². The van der Waals surface area contributed by atoms with Gasteiger partial charge in [0.25, 0.3) is 10.0 Å². The number of nitrogens with zero attached hydrogens (tertiary/aromatic N) is 1. The van der Waals surface area contributed by atoms with E-state index in [-0.39, 0.29) is 16.5 Å². The molecule has 2 N–H and O–H groups in total. The zero-order chi connectivity index (χ0) is 14.0. The lowest BCUT2D eigenvalue weighted by molar-refractivity contribution is 0.0696. The number of hydrogen-bond donors (Lipinski definition) is 2. The fourth-order valence-electron chi connectivity index (χ4n) is 1.35. The predicted octanol–water partition coefficient (Wildman–Crippen LogP) is 1.48. The Morgan fingerprint density at radius 3 is 2.42 bits per heavy atom. The van der Waals surface area contributed by atoms with Crippen LogP contribution in [0.4, 0.5) is 6.01 Å². The molecule has 7 nitrogen and oxygen atoms in total. The van der Waals surface area contributed by atoms with Crippen molar-refractivity contribution in [1.82, 2.24) is 4.98 Å². The number of oxazole rings is 1. The molecule has 0 spiro atoms. The summed E-state index contributed by atoms with van der Waals surface area (Å²) < 4.78 is 30.9. The van der Waals surface area contributed by atoms with Gasteiger partial charge in [-0.3, -0.25) is 0 Å². The minimum absolute atomic E-state index is 0.00548. The first-order chi connectivity index (χ1) is 8.88. The summed E-state index contributed by atoms with van der Waals surface area (Å²) in [7, 11) is -3.84. The number of carboxylic acids is 1. The maximum absolute atomic E-state index is 11.9. The molecule has 19 heavy (non-hydrogen) atoms. The fraction of sp³-hybridized carbons (Fsp3) is 0.0909. The number of aromatic carboxylic acids is 1. The number of anilines is 1. The Morgan fingerprint density at radius 1 is 1.32 bits per heavy atom. The molecular weight excluding hydrogens is 272 g/mol. The summed E-state index contributed by atoms with van der Waals surface area (Å²) in [5.74, 6) is -1.12. The lowest BCUT2D eigenvalue weighted by Crippen LogP contribution is -2.13. The van der Waals surface area contributed by atoms with Crippen molar-refractivity contribution in [2.75, 3.05) is 4.72 Å². The van der Waals surface area contributed by atoms with Crippen molar-refractivity contribution in [3.63, 3.8) is 0 Å². The monoisotopic (exact) mass is 282 g/mol. The number of benzene rings is 1. The van der Waals surface area contributed by atoms with Crippen LogP contribution in [0, 0.1) is 6.92 Å². The second kappa shape index (κ2) is 4.73. The van der Waals surface area contributed by atoms with Crippen LogP contribution < -0.4 is 4.72 Å². The highest BCUT2D eigenvalue weighted by Crippen LogP contribution is 2.16. The first kappa shape index (κ1) is 13.1. The van der Waals surface area contributed by atoms with E-state index in [1.807, 2.05) is 0 Å². The average molecular weight is 282 g/mol. The average Bonchev–Trinajstić information content (AvgIpc) is 2.74. The highest BCUT2D eigenvalue weighted by molar-refractivity contribution is 7.92. The van der Waals surface area contributed by atoms with Crippen LogP contribution in [-0.2, 0) is 10.0 Å². The van der Waals surface area contributed by atoms with Crippen LogP contribution in [0.5, 0.6) is 0 Å². The molecule has 0 bridgehead atoms. The fourth-order valence-corrected chi connectivity index (χ4v) is 2.29. The van der Waals surface area contributed by atoms with E-state index in [9.17, 15) is 13.2 Å². The molecule has 0 saturated carbocycles. The Balaban J connectivity index is 2.26. The molecule has 8 heteroatoms. The molecule has 0 atom stereocenters. The summed E-state index contributed by atoms with van der Waals surface area (Å²) in [5, 5.41) is 8.73. The maximum Gasteiger partial charge on any atom is 0.335 e. The van der Waals surface area contributed by atoms with Gasteiger partial charge in [-0.05, 0) is 31.2 Å². The number of sulfonamides is 1. The number of rotatable bonds is 4. The molecule has 2 rings (SSSR count). The van der Waals surface area contributed by atoms with Gasteiger partial charge >= 0.3 is 12.0 Å². The lowest BCUT2D eigenvalue weighted by atomic mass is 10.2. The number of aromatic nitrogens is 1. The van der Waals surface area contributed by atoms with Crippen LogP contribution in [0.15, 0.2) is 39.8 Å². The maximum atomic E-state index is 11.9. The van der Waals surface area contributed by atoms with Crippen LogP contribution in [0.3, 0.4) is 0 Å². The van der Waals surface area contributed by atoms with Gasteiger partial charge in [0.05, 0.1) is 16.2 Å². The Bertz CT molecular complexity index is 703. The van der Waals surface area contributed by atoms with E-state index in [1.54, 1.807) is 6.92 Å². The van der Waals surface area contributed by atoms with Crippen molar-refractivity contribution in [3.8, 4) is 0 Å². The first-order valence-corrected chi connectivity index (χ1v) is 6.65. The second-order valence-electron chi connectivity index (χ2n) is 3.73. The standard InChI is InChI=1S/C11H10N2O5S/c1-7-6-18-11(12-7)13-19(16,17)9-4-2-8(3-5-9)10(14)15/h2-6H,1H3,(H,12,13)(H,14,15). The lowest BCUT2D eigenvalue weighted by Gasteiger charge is -2.04. The normalized spacial score (nSPS) is 11.2. The van der Waals surface area contributed by atoms with E-state index >= 15 is 0 Å². The SMILES string of the molecule is Cc1coc(NS(=O)(=O)c2ccc(C(=O)O)cc2)n1. The summed E-state index contributed by atoms with van der Waals surface area (Å²) >= 11 is 0. The molecule has 2 aromatic rings. The highest BCUT2D eigenvalue weighted by atomic mass is 32.2. The molecule has 1 aromatic carbocycles. The molecule has 1 heterocycles. The number of hydrogen-bond acceptors (Lipinski definition) is 5. The van der Waals surface area contributed by atoms with E-state index < -0.39 is 16.0 Å². The van der Waals surface area contributed by atoms with Gasteiger partial charge < -0.3 is 9.52 Å². The van der Waals surface area contributed by atoms with Gasteiger partial charge in [-0.15, -0.1) is 0 Å². The molecule has 0 unspecified atom stereocenters. The predicted molar refractivity (Wildman–Crippen MR) is 65.4 cm³/mol. The molecule has 1 aromatic heterocycles. The quantitative estimate of drug-likeness (QED) is 0.879. The number of nitrogens with one attached hydrogen (secondary N) is 1. The third kappa shape index (κ3) is 2.91. The van der Waals surface area contributed by atoms with Crippen molar-refractivity contribution in [2.24, 2.45) is 0 Å². The third-order valence-corrected chi connectivity index (χ3v) is 3.59. The van der Waals surface area contributed by atoms with Crippen LogP contribution >= 0.6 is 0 Å². The van der Waals surface area contributed by atoms with E-state index in [0.29, 0.717) is 5.69 Å². The van der Waals surface area contributed by atoms with E-state index in [1.165, 1.54) is 30.5 Å². The van der Waals surface area contributed by atoms with Crippen LogP contribution in [0.2, 0.25) is 0 Å². The van der Waals surface area contributed by atoms with Crippen molar-refractivity contribution >= 4 is 22.0 Å². The summed E-state index contributed by atoms with van der Waals surface area (Å²) in [6, 6.07) is 4.67. The summed E-state index contributed by atoms with van der Waals surface area (Å²) in [5.41, 5.74) is 0.546. The summed E-state index contributed by atoms with van der Waals surface area (Å²) in [4.78, 5) is 14.4. The number of carbonyl (C=O) groups is 1. The largest absolute Gasteiger partial charge is 0.478 e. The van der Waals surface area contributed by atoms with Crippen molar-refractivity contribution in [3.05, 3.63) is 41.8 Å². The zero-order valence-electron chi connectivity index (χ0n) is 9.82. The molecule has 0 aliphatic rings. The molecular formula is C11H10N2O5S. The summed E-state index contributed by atoms with van der Waals surface area (Å²) in [6.07, 6.45) is 1.31. The molecule has 0 aliphatic heterocycles. The van der Waals surface area contributed by atoms with Crippen LogP contribution in [-0.4, -0.2) is 24.5 Å². The van der Waals surface area contributed by atoms with Gasteiger partial charge in [0, 0.05) is 0 Å². The first-order valence-electron chi connectivity index (χ1n) is 5.17. The molecule has 0 saturated heterocycles.